The van der Waals surface area contributed by atoms with Crippen LogP contribution >= 0.6 is 0 Å². The smallest absolute Gasteiger partial charge is 0.0316 e. The van der Waals surface area contributed by atoms with Gasteiger partial charge < -0.3 is 15.5 Å². The molecular formula is C14H23N3. The Morgan fingerprint density at radius 3 is 2.94 bits per heavy atom. The Labute approximate surface area is 104 Å². The van der Waals surface area contributed by atoms with E-state index in [-0.39, 0.29) is 0 Å². The molecule has 3 heteroatoms. The second-order valence-electron chi connectivity index (χ2n) is 5.26. The van der Waals surface area contributed by atoms with Gasteiger partial charge in [-0.25, -0.2) is 0 Å². The van der Waals surface area contributed by atoms with Crippen molar-refractivity contribution in [2.45, 2.75) is 12.3 Å². The first-order chi connectivity index (χ1) is 8.15. The predicted octanol–water partition coefficient (Wildman–Crippen LogP) is 1.62. The van der Waals surface area contributed by atoms with E-state index >= 15 is 0 Å². The topological polar surface area (TPSA) is 32.5 Å². The van der Waals surface area contributed by atoms with Crippen molar-refractivity contribution in [1.29, 1.82) is 0 Å². The molecule has 1 aliphatic rings. The van der Waals surface area contributed by atoms with Crippen LogP contribution in [0.3, 0.4) is 0 Å². The summed E-state index contributed by atoms with van der Waals surface area (Å²) < 4.78 is 0. The first-order valence-corrected chi connectivity index (χ1v) is 6.37. The van der Waals surface area contributed by atoms with Crippen molar-refractivity contribution < 1.29 is 0 Å². The van der Waals surface area contributed by atoms with Crippen LogP contribution in [0.2, 0.25) is 0 Å². The second kappa shape index (κ2) is 5.52. The van der Waals surface area contributed by atoms with Gasteiger partial charge in [0.1, 0.15) is 0 Å². The number of nitrogen functional groups attached to an aromatic ring is 1. The number of hydrogen-bond donors (Lipinski definition) is 1. The summed E-state index contributed by atoms with van der Waals surface area (Å²) in [5.41, 5.74) is 8.12. The summed E-state index contributed by atoms with van der Waals surface area (Å²) in [6, 6.07) is 8.35. The lowest BCUT2D eigenvalue weighted by Crippen LogP contribution is -2.29. The average Bonchev–Trinajstić information content (AvgIpc) is 2.75. The van der Waals surface area contributed by atoms with E-state index in [0.717, 1.165) is 12.2 Å². The molecule has 0 aliphatic carbocycles. The number of likely N-dealkylation sites (tertiary alicyclic amines) is 1. The van der Waals surface area contributed by atoms with Gasteiger partial charge in [-0.2, -0.15) is 0 Å². The molecule has 2 rings (SSSR count). The summed E-state index contributed by atoms with van der Waals surface area (Å²) in [4.78, 5) is 4.79. The molecule has 1 unspecified atom stereocenters. The van der Waals surface area contributed by atoms with Crippen LogP contribution in [-0.2, 0) is 0 Å². The van der Waals surface area contributed by atoms with Gasteiger partial charge in [-0.15, -0.1) is 0 Å². The van der Waals surface area contributed by atoms with Crippen LogP contribution in [0, 0.1) is 0 Å². The maximum Gasteiger partial charge on any atom is 0.0316 e. The van der Waals surface area contributed by atoms with E-state index < -0.39 is 0 Å². The molecule has 0 bridgehead atoms. The van der Waals surface area contributed by atoms with Gasteiger partial charge in [-0.05, 0) is 50.7 Å². The summed E-state index contributed by atoms with van der Waals surface area (Å²) in [5.74, 6) is 0.667. The average molecular weight is 233 g/mol. The molecule has 3 nitrogen and oxygen atoms in total. The van der Waals surface area contributed by atoms with Crippen LogP contribution in [0.1, 0.15) is 17.9 Å². The van der Waals surface area contributed by atoms with E-state index in [9.17, 15) is 0 Å². The van der Waals surface area contributed by atoms with Crippen LogP contribution in [-0.4, -0.2) is 50.1 Å². The third kappa shape index (κ3) is 3.45. The fourth-order valence-corrected chi connectivity index (χ4v) is 2.46. The SMILES string of the molecule is CN(C)CCN1CCC(c2cccc(N)c2)C1. The van der Waals surface area contributed by atoms with Crippen molar-refractivity contribution in [3.63, 3.8) is 0 Å². The van der Waals surface area contributed by atoms with Gasteiger partial charge in [0.05, 0.1) is 0 Å². The first-order valence-electron chi connectivity index (χ1n) is 6.37. The number of likely N-dealkylation sites (N-methyl/N-ethyl adjacent to an activating group) is 1. The molecule has 0 spiro atoms. The van der Waals surface area contributed by atoms with Gasteiger partial charge in [0.15, 0.2) is 0 Å². The zero-order valence-corrected chi connectivity index (χ0v) is 10.9. The molecule has 0 saturated carbocycles. The van der Waals surface area contributed by atoms with Crippen molar-refractivity contribution in [1.82, 2.24) is 9.80 Å². The number of hydrogen-bond acceptors (Lipinski definition) is 3. The molecule has 17 heavy (non-hydrogen) atoms. The van der Waals surface area contributed by atoms with Crippen LogP contribution in [0.25, 0.3) is 0 Å². The first kappa shape index (κ1) is 12.4. The number of anilines is 1. The minimum absolute atomic E-state index is 0.667. The molecule has 1 aromatic carbocycles. The Balaban J connectivity index is 1.89. The minimum atomic E-state index is 0.667. The molecule has 0 amide bonds. The van der Waals surface area contributed by atoms with E-state index in [2.05, 4.69) is 42.1 Å². The van der Waals surface area contributed by atoms with E-state index in [0.29, 0.717) is 5.92 Å². The molecule has 1 fully saturated rings. The van der Waals surface area contributed by atoms with E-state index in [4.69, 9.17) is 5.73 Å². The summed E-state index contributed by atoms with van der Waals surface area (Å²) >= 11 is 0. The monoisotopic (exact) mass is 233 g/mol. The lowest BCUT2D eigenvalue weighted by Gasteiger charge is -2.18. The Morgan fingerprint density at radius 1 is 1.41 bits per heavy atom. The summed E-state index contributed by atoms with van der Waals surface area (Å²) in [6.45, 7) is 4.71. The Hall–Kier alpha value is -1.06. The summed E-state index contributed by atoms with van der Waals surface area (Å²) in [5, 5.41) is 0. The van der Waals surface area contributed by atoms with E-state index in [1.807, 2.05) is 6.07 Å². The zero-order valence-electron chi connectivity index (χ0n) is 10.9. The Kier molecular flexibility index (Phi) is 4.02. The van der Waals surface area contributed by atoms with E-state index in [1.54, 1.807) is 0 Å². The fraction of sp³-hybridized carbons (Fsp3) is 0.571. The molecule has 0 aromatic heterocycles. The molecule has 1 atom stereocenters. The summed E-state index contributed by atoms with van der Waals surface area (Å²) in [6.07, 6.45) is 1.26. The third-order valence-electron chi connectivity index (χ3n) is 3.52. The van der Waals surface area contributed by atoms with Crippen molar-refractivity contribution in [3.8, 4) is 0 Å². The fourth-order valence-electron chi connectivity index (χ4n) is 2.46. The van der Waals surface area contributed by atoms with Gasteiger partial charge in [0, 0.05) is 25.3 Å². The van der Waals surface area contributed by atoms with Crippen molar-refractivity contribution in [3.05, 3.63) is 29.8 Å². The van der Waals surface area contributed by atoms with Crippen LogP contribution in [0.5, 0.6) is 0 Å². The van der Waals surface area contributed by atoms with Gasteiger partial charge in [0.2, 0.25) is 0 Å². The lowest BCUT2D eigenvalue weighted by atomic mass is 9.98. The predicted molar refractivity (Wildman–Crippen MR) is 73.2 cm³/mol. The highest BCUT2D eigenvalue weighted by atomic mass is 15.2. The van der Waals surface area contributed by atoms with Crippen molar-refractivity contribution in [2.24, 2.45) is 0 Å². The van der Waals surface area contributed by atoms with Gasteiger partial charge in [-0.3, -0.25) is 0 Å². The molecule has 1 aromatic rings. The van der Waals surface area contributed by atoms with Crippen molar-refractivity contribution in [2.75, 3.05) is 46.0 Å². The third-order valence-corrected chi connectivity index (χ3v) is 3.52. The molecule has 2 N–H and O–H groups in total. The molecular weight excluding hydrogens is 210 g/mol. The quantitative estimate of drug-likeness (QED) is 0.802. The van der Waals surface area contributed by atoms with Gasteiger partial charge in [-0.1, -0.05) is 12.1 Å². The summed E-state index contributed by atoms with van der Waals surface area (Å²) in [7, 11) is 4.26. The molecule has 1 saturated heterocycles. The van der Waals surface area contributed by atoms with Crippen LogP contribution in [0.15, 0.2) is 24.3 Å². The number of benzene rings is 1. The van der Waals surface area contributed by atoms with Crippen LogP contribution in [0.4, 0.5) is 5.69 Å². The molecule has 1 aliphatic heterocycles. The highest BCUT2D eigenvalue weighted by Crippen LogP contribution is 2.27. The molecule has 94 valence electrons. The number of nitrogens with two attached hydrogens (primary N) is 1. The largest absolute Gasteiger partial charge is 0.399 e. The number of rotatable bonds is 4. The maximum atomic E-state index is 5.84. The molecule has 0 radical (unpaired) electrons. The second-order valence-corrected chi connectivity index (χ2v) is 5.26. The normalized spacial score (nSPS) is 21.2. The zero-order chi connectivity index (χ0) is 12.3. The van der Waals surface area contributed by atoms with Crippen LogP contribution < -0.4 is 5.73 Å². The lowest BCUT2D eigenvalue weighted by molar-refractivity contribution is 0.281. The van der Waals surface area contributed by atoms with Crippen molar-refractivity contribution >= 4 is 5.69 Å². The standard InChI is InChI=1S/C14H23N3/c1-16(2)8-9-17-7-6-13(11-17)12-4-3-5-14(15)10-12/h3-5,10,13H,6-9,11,15H2,1-2H3. The van der Waals surface area contributed by atoms with Gasteiger partial charge in [0.25, 0.3) is 0 Å². The number of nitrogens with zero attached hydrogens (tertiary/aromatic N) is 2. The maximum absolute atomic E-state index is 5.84. The highest BCUT2D eigenvalue weighted by Gasteiger charge is 2.23. The van der Waals surface area contributed by atoms with E-state index in [1.165, 1.54) is 31.6 Å². The Morgan fingerprint density at radius 2 is 2.24 bits per heavy atom. The highest BCUT2D eigenvalue weighted by molar-refractivity contribution is 5.42. The minimum Gasteiger partial charge on any atom is -0.399 e. The molecule has 1 heterocycles. The Bertz CT molecular complexity index is 362. The van der Waals surface area contributed by atoms with Gasteiger partial charge >= 0.3 is 0 Å².